The molecule has 1 N–H and O–H groups in total. The summed E-state index contributed by atoms with van der Waals surface area (Å²) in [6, 6.07) is 21.5. The molecule has 6 nitrogen and oxygen atoms in total. The van der Waals surface area contributed by atoms with Crippen LogP contribution >= 0.6 is 23.1 Å². The summed E-state index contributed by atoms with van der Waals surface area (Å²) in [6.07, 6.45) is 0. The van der Waals surface area contributed by atoms with Gasteiger partial charge in [0.2, 0.25) is 5.13 Å². The molecule has 1 aliphatic rings. The van der Waals surface area contributed by atoms with Crippen molar-refractivity contribution in [3.8, 4) is 0 Å². The molecule has 4 aromatic rings. The molecule has 0 saturated carbocycles. The van der Waals surface area contributed by atoms with Gasteiger partial charge in [0.05, 0.1) is 11.6 Å². The molecule has 180 valence electrons. The van der Waals surface area contributed by atoms with Gasteiger partial charge in [-0.25, -0.2) is 4.39 Å². The molecule has 1 aromatic heterocycles. The number of ketones is 1. The van der Waals surface area contributed by atoms with Gasteiger partial charge in [-0.1, -0.05) is 95.4 Å². The van der Waals surface area contributed by atoms with Crippen molar-refractivity contribution in [2.24, 2.45) is 0 Å². The molecule has 1 amide bonds. The van der Waals surface area contributed by atoms with Crippen LogP contribution in [0.5, 0.6) is 0 Å². The number of rotatable bonds is 6. The second-order valence-electron chi connectivity index (χ2n) is 8.21. The van der Waals surface area contributed by atoms with Crippen molar-refractivity contribution in [3.63, 3.8) is 0 Å². The molecule has 1 fully saturated rings. The number of aliphatic hydroxyl groups is 1. The van der Waals surface area contributed by atoms with E-state index in [2.05, 4.69) is 10.2 Å². The Bertz CT molecular complexity index is 1450. The van der Waals surface area contributed by atoms with Gasteiger partial charge in [0.15, 0.2) is 4.34 Å². The summed E-state index contributed by atoms with van der Waals surface area (Å²) in [4.78, 5) is 27.8. The first-order chi connectivity index (χ1) is 17.4. The van der Waals surface area contributed by atoms with Crippen LogP contribution in [0.3, 0.4) is 0 Å². The maximum Gasteiger partial charge on any atom is 0.301 e. The molecule has 1 aliphatic heterocycles. The maximum absolute atomic E-state index is 13.2. The van der Waals surface area contributed by atoms with Crippen LogP contribution in [0.15, 0.2) is 88.8 Å². The average molecular weight is 518 g/mol. The number of halogens is 1. The summed E-state index contributed by atoms with van der Waals surface area (Å²) in [5.74, 6) is -1.55. The molecule has 1 saturated heterocycles. The Labute approximate surface area is 215 Å². The number of aliphatic hydroxyl groups excluding tert-OH is 1. The van der Waals surface area contributed by atoms with Gasteiger partial charge in [0, 0.05) is 11.3 Å². The lowest BCUT2D eigenvalue weighted by molar-refractivity contribution is -0.132. The lowest BCUT2D eigenvalue weighted by Crippen LogP contribution is -2.29. The number of aromatic nitrogens is 2. The quantitative estimate of drug-likeness (QED) is 0.113. The Kier molecular flexibility index (Phi) is 6.67. The fourth-order valence-electron chi connectivity index (χ4n) is 3.93. The minimum absolute atomic E-state index is 0.00534. The number of hydrogen-bond donors (Lipinski definition) is 1. The van der Waals surface area contributed by atoms with Crippen LogP contribution in [0.1, 0.15) is 28.3 Å². The summed E-state index contributed by atoms with van der Waals surface area (Å²) in [6.45, 7) is 1.92. The van der Waals surface area contributed by atoms with E-state index in [1.54, 1.807) is 36.4 Å². The highest BCUT2D eigenvalue weighted by atomic mass is 32.2. The SMILES string of the molecule is Cc1ccc(/C(O)=C2/C(=O)C(=O)N(c3nnc(SCc4ccc(F)cc4)s3)C2c2ccccc2)cc1. The van der Waals surface area contributed by atoms with Gasteiger partial charge in [-0.3, -0.25) is 14.5 Å². The highest BCUT2D eigenvalue weighted by Crippen LogP contribution is 2.44. The largest absolute Gasteiger partial charge is 0.507 e. The Morgan fingerprint density at radius 3 is 2.39 bits per heavy atom. The van der Waals surface area contributed by atoms with Gasteiger partial charge >= 0.3 is 5.91 Å². The van der Waals surface area contributed by atoms with Gasteiger partial charge in [0.25, 0.3) is 5.78 Å². The van der Waals surface area contributed by atoms with Crippen molar-refractivity contribution in [1.29, 1.82) is 0 Å². The predicted molar refractivity (Wildman–Crippen MR) is 138 cm³/mol. The fourth-order valence-corrected chi connectivity index (χ4v) is 5.75. The van der Waals surface area contributed by atoms with E-state index in [1.165, 1.54) is 40.1 Å². The number of amides is 1. The Hall–Kier alpha value is -3.82. The molecule has 2 heterocycles. The van der Waals surface area contributed by atoms with Crippen LogP contribution in [0.2, 0.25) is 0 Å². The number of aryl methyl sites for hydroxylation is 1. The monoisotopic (exact) mass is 517 g/mol. The molecule has 1 unspecified atom stereocenters. The van der Waals surface area contributed by atoms with Crippen LogP contribution in [-0.4, -0.2) is 27.0 Å². The number of nitrogens with zero attached hydrogens (tertiary/aromatic N) is 3. The van der Waals surface area contributed by atoms with Crippen molar-refractivity contribution in [1.82, 2.24) is 10.2 Å². The van der Waals surface area contributed by atoms with Crippen molar-refractivity contribution in [2.45, 2.75) is 23.1 Å². The normalized spacial score (nSPS) is 17.1. The first-order valence-electron chi connectivity index (χ1n) is 11.1. The molecular formula is C27H20FN3O3S2. The predicted octanol–water partition coefficient (Wildman–Crippen LogP) is 5.90. The zero-order valence-electron chi connectivity index (χ0n) is 19.1. The third-order valence-electron chi connectivity index (χ3n) is 5.76. The molecule has 3 aromatic carbocycles. The first kappa shape index (κ1) is 23.9. The van der Waals surface area contributed by atoms with Gasteiger partial charge in [-0.15, -0.1) is 10.2 Å². The smallest absolute Gasteiger partial charge is 0.301 e. The summed E-state index contributed by atoms with van der Waals surface area (Å²) >= 11 is 2.59. The number of hydrogen-bond acceptors (Lipinski definition) is 7. The van der Waals surface area contributed by atoms with Gasteiger partial charge in [-0.05, 0) is 30.2 Å². The van der Waals surface area contributed by atoms with E-state index in [0.29, 0.717) is 21.2 Å². The van der Waals surface area contributed by atoms with Crippen molar-refractivity contribution >= 4 is 45.7 Å². The van der Waals surface area contributed by atoms with Crippen molar-refractivity contribution < 1.29 is 19.1 Å². The average Bonchev–Trinajstić information content (AvgIpc) is 3.46. The molecule has 5 rings (SSSR count). The third-order valence-corrected chi connectivity index (χ3v) is 7.89. The second kappa shape index (κ2) is 10.0. The molecule has 0 spiro atoms. The van der Waals surface area contributed by atoms with E-state index in [4.69, 9.17) is 0 Å². The number of benzene rings is 3. The number of carbonyl (C=O) groups is 2. The van der Waals surface area contributed by atoms with Crippen LogP contribution in [-0.2, 0) is 15.3 Å². The van der Waals surface area contributed by atoms with Crippen LogP contribution < -0.4 is 4.90 Å². The van der Waals surface area contributed by atoms with E-state index in [-0.39, 0.29) is 22.3 Å². The summed E-state index contributed by atoms with van der Waals surface area (Å²) in [5.41, 5.74) is 3.05. The summed E-state index contributed by atoms with van der Waals surface area (Å²) in [5, 5.41) is 19.8. The van der Waals surface area contributed by atoms with Crippen LogP contribution in [0.4, 0.5) is 9.52 Å². The number of thioether (sulfide) groups is 1. The lowest BCUT2D eigenvalue weighted by atomic mass is 9.95. The van der Waals surface area contributed by atoms with Crippen LogP contribution in [0.25, 0.3) is 5.76 Å². The standard InChI is InChI=1S/C27H20FN3O3S2/c1-16-7-11-19(12-8-16)23(32)21-22(18-5-3-2-4-6-18)31(25(34)24(21)33)26-29-30-27(36-26)35-15-17-9-13-20(28)14-10-17/h2-14,22,32H,15H2,1H3/b23-21-. The minimum atomic E-state index is -0.851. The second-order valence-corrected chi connectivity index (χ2v) is 10.4. The molecule has 0 bridgehead atoms. The Morgan fingerprint density at radius 2 is 1.69 bits per heavy atom. The molecule has 1 atom stereocenters. The summed E-state index contributed by atoms with van der Waals surface area (Å²) < 4.78 is 13.8. The Balaban J connectivity index is 1.51. The first-order valence-corrected chi connectivity index (χ1v) is 12.9. The molecular weight excluding hydrogens is 497 g/mol. The highest BCUT2D eigenvalue weighted by Gasteiger charge is 2.48. The Morgan fingerprint density at radius 1 is 1.00 bits per heavy atom. The van der Waals surface area contributed by atoms with E-state index in [9.17, 15) is 19.1 Å². The van der Waals surface area contributed by atoms with Crippen LogP contribution in [0, 0.1) is 12.7 Å². The highest BCUT2D eigenvalue weighted by molar-refractivity contribution is 8.00. The van der Waals surface area contributed by atoms with Gasteiger partial charge in [-0.2, -0.15) is 0 Å². The zero-order valence-corrected chi connectivity index (χ0v) is 20.7. The number of anilines is 1. The van der Waals surface area contributed by atoms with E-state index in [0.717, 1.165) is 11.1 Å². The van der Waals surface area contributed by atoms with Crippen molar-refractivity contribution in [2.75, 3.05) is 4.90 Å². The number of carbonyl (C=O) groups excluding carboxylic acids is 2. The summed E-state index contributed by atoms with van der Waals surface area (Å²) in [7, 11) is 0. The molecule has 0 aliphatic carbocycles. The molecule has 0 radical (unpaired) electrons. The van der Waals surface area contributed by atoms with Gasteiger partial charge in [0.1, 0.15) is 11.6 Å². The van der Waals surface area contributed by atoms with Gasteiger partial charge < -0.3 is 5.11 Å². The van der Waals surface area contributed by atoms with E-state index < -0.39 is 17.7 Å². The maximum atomic E-state index is 13.2. The molecule has 9 heteroatoms. The third kappa shape index (κ3) is 4.67. The zero-order chi connectivity index (χ0) is 25.2. The fraction of sp³-hybridized carbons (Fsp3) is 0.111. The van der Waals surface area contributed by atoms with E-state index in [1.807, 2.05) is 37.3 Å². The number of Topliss-reactive ketones (excluding diaryl/α,β-unsaturated/α-hetero) is 1. The minimum Gasteiger partial charge on any atom is -0.507 e. The van der Waals surface area contributed by atoms with E-state index >= 15 is 0 Å². The topological polar surface area (TPSA) is 83.4 Å². The molecule has 36 heavy (non-hydrogen) atoms. The lowest BCUT2D eigenvalue weighted by Gasteiger charge is -2.22. The van der Waals surface area contributed by atoms with Crippen molar-refractivity contribution in [3.05, 3.63) is 113 Å².